The normalized spacial score (nSPS) is 11.3. The molecular formula is C13H12F2N2O2S. The molecule has 0 saturated heterocycles. The Hall–Kier alpha value is -1.99. The number of hydrogen-bond acceptors (Lipinski definition) is 3. The van der Waals surface area contributed by atoms with Crippen LogP contribution in [0.4, 0.5) is 14.5 Å². The van der Waals surface area contributed by atoms with Crippen molar-refractivity contribution in [3.63, 3.8) is 0 Å². The molecule has 0 spiro atoms. The number of rotatable bonds is 4. The van der Waals surface area contributed by atoms with E-state index in [4.69, 9.17) is 5.73 Å². The van der Waals surface area contributed by atoms with Crippen LogP contribution >= 0.6 is 0 Å². The smallest absolute Gasteiger partial charge is 0.261 e. The van der Waals surface area contributed by atoms with Gasteiger partial charge in [-0.2, -0.15) is 0 Å². The Kier molecular flexibility index (Phi) is 4.01. The van der Waals surface area contributed by atoms with E-state index >= 15 is 0 Å². The Balaban J connectivity index is 2.32. The highest BCUT2D eigenvalue weighted by Crippen LogP contribution is 2.19. The Morgan fingerprint density at radius 3 is 2.45 bits per heavy atom. The number of halogens is 2. The first kappa shape index (κ1) is 14.4. The van der Waals surface area contributed by atoms with E-state index in [2.05, 4.69) is 4.72 Å². The topological polar surface area (TPSA) is 72.2 Å². The molecule has 4 nitrogen and oxygen atoms in total. The van der Waals surface area contributed by atoms with Gasteiger partial charge in [-0.1, -0.05) is 12.1 Å². The van der Waals surface area contributed by atoms with Gasteiger partial charge in [0.25, 0.3) is 10.0 Å². The highest BCUT2D eigenvalue weighted by molar-refractivity contribution is 7.92. The third-order valence-electron chi connectivity index (χ3n) is 2.62. The molecule has 7 heteroatoms. The maximum Gasteiger partial charge on any atom is 0.261 e. The molecule has 3 N–H and O–H groups in total. The highest BCUT2D eigenvalue weighted by atomic mass is 32.2. The lowest BCUT2D eigenvalue weighted by atomic mass is 10.2. The van der Waals surface area contributed by atoms with Gasteiger partial charge in [0.1, 0.15) is 0 Å². The number of sulfonamides is 1. The summed E-state index contributed by atoms with van der Waals surface area (Å²) < 4.78 is 52.2. The van der Waals surface area contributed by atoms with Gasteiger partial charge in [0, 0.05) is 12.6 Å². The summed E-state index contributed by atoms with van der Waals surface area (Å²) in [5.41, 5.74) is 6.04. The van der Waals surface area contributed by atoms with Crippen molar-refractivity contribution in [3.8, 4) is 0 Å². The third-order valence-corrected chi connectivity index (χ3v) is 4.00. The van der Waals surface area contributed by atoms with E-state index in [1.54, 1.807) is 12.1 Å². The van der Waals surface area contributed by atoms with Crippen LogP contribution in [-0.2, 0) is 16.6 Å². The lowest BCUT2D eigenvalue weighted by molar-refractivity contribution is 0.509. The van der Waals surface area contributed by atoms with E-state index in [1.165, 1.54) is 12.1 Å². The fourth-order valence-electron chi connectivity index (χ4n) is 1.61. The van der Waals surface area contributed by atoms with Crippen LogP contribution in [0.5, 0.6) is 0 Å². The molecule has 0 radical (unpaired) electrons. The van der Waals surface area contributed by atoms with Gasteiger partial charge in [-0.15, -0.1) is 0 Å². The highest BCUT2D eigenvalue weighted by Gasteiger charge is 2.15. The molecule has 0 saturated carbocycles. The monoisotopic (exact) mass is 298 g/mol. The van der Waals surface area contributed by atoms with Gasteiger partial charge in [-0.25, -0.2) is 17.2 Å². The first-order valence-electron chi connectivity index (χ1n) is 5.69. The first-order chi connectivity index (χ1) is 9.42. The molecule has 0 aliphatic carbocycles. The molecule has 0 fully saturated rings. The van der Waals surface area contributed by atoms with Crippen LogP contribution in [0.15, 0.2) is 47.4 Å². The van der Waals surface area contributed by atoms with Gasteiger partial charge in [0.2, 0.25) is 0 Å². The van der Waals surface area contributed by atoms with Crippen molar-refractivity contribution < 1.29 is 17.2 Å². The van der Waals surface area contributed by atoms with Crippen LogP contribution < -0.4 is 10.5 Å². The van der Waals surface area contributed by atoms with Crippen LogP contribution in [0.2, 0.25) is 0 Å². The van der Waals surface area contributed by atoms with E-state index in [9.17, 15) is 17.2 Å². The average molecular weight is 298 g/mol. The maximum absolute atomic E-state index is 13.0. The molecule has 2 aromatic rings. The van der Waals surface area contributed by atoms with E-state index < -0.39 is 21.7 Å². The van der Waals surface area contributed by atoms with Gasteiger partial charge in [-0.3, -0.25) is 4.72 Å². The van der Waals surface area contributed by atoms with Crippen LogP contribution in [-0.4, -0.2) is 8.42 Å². The third kappa shape index (κ3) is 3.12. The van der Waals surface area contributed by atoms with Crippen molar-refractivity contribution in [2.75, 3.05) is 4.72 Å². The molecule has 0 aliphatic heterocycles. The molecule has 0 aromatic heterocycles. The minimum absolute atomic E-state index is 0.00480. The Morgan fingerprint density at radius 2 is 1.80 bits per heavy atom. The first-order valence-corrected chi connectivity index (χ1v) is 7.17. The second-order valence-corrected chi connectivity index (χ2v) is 5.77. The molecule has 0 atom stereocenters. The van der Waals surface area contributed by atoms with Crippen LogP contribution in [0.25, 0.3) is 0 Å². The van der Waals surface area contributed by atoms with Crippen molar-refractivity contribution in [2.24, 2.45) is 5.73 Å². The van der Waals surface area contributed by atoms with E-state index in [1.807, 2.05) is 0 Å². The second kappa shape index (κ2) is 5.56. The van der Waals surface area contributed by atoms with Crippen molar-refractivity contribution in [1.82, 2.24) is 0 Å². The molecule has 0 heterocycles. The van der Waals surface area contributed by atoms with Crippen molar-refractivity contribution in [3.05, 3.63) is 59.7 Å². The summed E-state index contributed by atoms with van der Waals surface area (Å²) in [4.78, 5) is 0.00480. The van der Waals surface area contributed by atoms with Gasteiger partial charge in [0.05, 0.1) is 10.6 Å². The van der Waals surface area contributed by atoms with Gasteiger partial charge < -0.3 is 5.73 Å². The lowest BCUT2D eigenvalue weighted by Gasteiger charge is -2.09. The summed E-state index contributed by atoms with van der Waals surface area (Å²) in [6, 6.07) is 8.83. The molecule has 2 aromatic carbocycles. The SMILES string of the molecule is NCc1cccc(S(=O)(=O)Nc2ccc(F)c(F)c2)c1. The predicted molar refractivity (Wildman–Crippen MR) is 71.5 cm³/mol. The largest absolute Gasteiger partial charge is 0.326 e. The zero-order valence-corrected chi connectivity index (χ0v) is 11.1. The van der Waals surface area contributed by atoms with Crippen molar-refractivity contribution >= 4 is 15.7 Å². The van der Waals surface area contributed by atoms with Crippen LogP contribution in [0.1, 0.15) is 5.56 Å². The summed E-state index contributed by atoms with van der Waals surface area (Å²) in [5.74, 6) is -2.17. The van der Waals surface area contributed by atoms with Gasteiger partial charge >= 0.3 is 0 Å². The molecule has 0 bridgehead atoms. The van der Waals surface area contributed by atoms with Crippen molar-refractivity contribution in [2.45, 2.75) is 11.4 Å². The van der Waals surface area contributed by atoms with E-state index in [-0.39, 0.29) is 17.1 Å². The number of nitrogens with two attached hydrogens (primary N) is 1. The Morgan fingerprint density at radius 1 is 1.05 bits per heavy atom. The second-order valence-electron chi connectivity index (χ2n) is 4.09. The molecule has 106 valence electrons. The zero-order chi connectivity index (χ0) is 14.8. The van der Waals surface area contributed by atoms with E-state index in [0.717, 1.165) is 18.2 Å². The van der Waals surface area contributed by atoms with E-state index in [0.29, 0.717) is 5.56 Å². The molecule has 0 aliphatic rings. The standard InChI is InChI=1S/C13H12F2N2O2S/c14-12-5-4-10(7-13(12)15)17-20(18,19)11-3-1-2-9(6-11)8-16/h1-7,17H,8,16H2. The number of hydrogen-bond donors (Lipinski definition) is 2. The number of benzene rings is 2. The molecule has 0 amide bonds. The summed E-state index contributed by atoms with van der Waals surface area (Å²) in [6.07, 6.45) is 0. The summed E-state index contributed by atoms with van der Waals surface area (Å²) in [5, 5.41) is 0. The lowest BCUT2D eigenvalue weighted by Crippen LogP contribution is -2.13. The summed E-state index contributed by atoms with van der Waals surface area (Å²) in [7, 11) is -3.87. The maximum atomic E-state index is 13.0. The molecular weight excluding hydrogens is 286 g/mol. The zero-order valence-electron chi connectivity index (χ0n) is 10.3. The summed E-state index contributed by atoms with van der Waals surface area (Å²) >= 11 is 0. The summed E-state index contributed by atoms with van der Waals surface area (Å²) in [6.45, 7) is 0.203. The quantitative estimate of drug-likeness (QED) is 0.909. The number of anilines is 1. The van der Waals surface area contributed by atoms with Crippen LogP contribution in [0, 0.1) is 11.6 Å². The fourth-order valence-corrected chi connectivity index (χ4v) is 2.73. The Bertz CT molecular complexity index is 733. The molecule has 20 heavy (non-hydrogen) atoms. The minimum atomic E-state index is -3.87. The predicted octanol–water partition coefficient (Wildman–Crippen LogP) is 2.22. The van der Waals surface area contributed by atoms with Crippen LogP contribution in [0.3, 0.4) is 0 Å². The minimum Gasteiger partial charge on any atom is -0.326 e. The molecule has 0 unspecified atom stereocenters. The van der Waals surface area contributed by atoms with Gasteiger partial charge in [0.15, 0.2) is 11.6 Å². The average Bonchev–Trinajstić information content (AvgIpc) is 2.43. The Labute approximate surface area is 115 Å². The van der Waals surface area contributed by atoms with Gasteiger partial charge in [-0.05, 0) is 29.8 Å². The fraction of sp³-hybridized carbons (Fsp3) is 0.0769. The molecule has 2 rings (SSSR count). The van der Waals surface area contributed by atoms with Crippen molar-refractivity contribution in [1.29, 1.82) is 0 Å². The number of nitrogens with one attached hydrogen (secondary N) is 1.